The molecule has 6 nitrogen and oxygen atoms in total. The molecule has 6 heteroatoms. The zero-order valence-corrected chi connectivity index (χ0v) is 19.6. The number of nitrogens with zero attached hydrogens (tertiary/aromatic N) is 1. The zero-order valence-electron chi connectivity index (χ0n) is 19.6. The molecular weight excluding hydrogens is 428 g/mol. The molecule has 0 aliphatic rings. The number of methoxy groups -OCH3 is 2. The Balaban J connectivity index is 1.63. The Hall–Kier alpha value is -4.06. The van der Waals surface area contributed by atoms with Gasteiger partial charge < -0.3 is 19.4 Å². The molecule has 0 unspecified atom stereocenters. The molecule has 0 aliphatic carbocycles. The fraction of sp³-hybridized carbons (Fsp3) is 0.214. The Morgan fingerprint density at radius 3 is 2.24 bits per heavy atom. The molecule has 1 aromatic heterocycles. The van der Waals surface area contributed by atoms with E-state index < -0.39 is 0 Å². The molecule has 174 valence electrons. The highest BCUT2D eigenvalue weighted by Crippen LogP contribution is 2.32. The third kappa shape index (κ3) is 4.81. The smallest absolute Gasteiger partial charge is 0.258 e. The van der Waals surface area contributed by atoms with Gasteiger partial charge in [-0.3, -0.25) is 9.59 Å². The topological polar surface area (TPSA) is 69.6 Å². The number of fused-ring (bicyclic) bond motifs is 1. The van der Waals surface area contributed by atoms with Crippen molar-refractivity contribution in [1.29, 1.82) is 0 Å². The molecule has 4 aromatic rings. The molecule has 0 radical (unpaired) electrons. The van der Waals surface area contributed by atoms with Crippen LogP contribution >= 0.6 is 0 Å². The Bertz CT molecular complexity index is 1360. The van der Waals surface area contributed by atoms with Crippen LogP contribution in [-0.4, -0.2) is 31.2 Å². The number of ether oxygens (including phenoxy) is 2. The Morgan fingerprint density at radius 1 is 0.882 bits per heavy atom. The summed E-state index contributed by atoms with van der Waals surface area (Å²) in [5.74, 6) is 1.38. The maximum absolute atomic E-state index is 13.1. The second kappa shape index (κ2) is 10.3. The van der Waals surface area contributed by atoms with E-state index in [1.54, 1.807) is 31.9 Å². The van der Waals surface area contributed by atoms with Crippen molar-refractivity contribution in [2.75, 3.05) is 20.8 Å². The predicted molar refractivity (Wildman–Crippen MR) is 135 cm³/mol. The molecule has 1 N–H and O–H groups in total. The number of benzene rings is 3. The summed E-state index contributed by atoms with van der Waals surface area (Å²) in [7, 11) is 5.01. The molecule has 0 fully saturated rings. The summed E-state index contributed by atoms with van der Waals surface area (Å²) in [6.45, 7) is 0.414. The number of pyridine rings is 1. The summed E-state index contributed by atoms with van der Waals surface area (Å²) in [6.07, 6.45) is 0.793. The zero-order chi connectivity index (χ0) is 24.1. The number of rotatable bonds is 8. The van der Waals surface area contributed by atoms with Crippen LogP contribution in [0.3, 0.4) is 0 Å². The summed E-state index contributed by atoms with van der Waals surface area (Å²) < 4.78 is 12.3. The van der Waals surface area contributed by atoms with Gasteiger partial charge in [0.15, 0.2) is 0 Å². The summed E-state index contributed by atoms with van der Waals surface area (Å²) in [6, 6.07) is 23.0. The van der Waals surface area contributed by atoms with Gasteiger partial charge in [-0.25, -0.2) is 0 Å². The first-order chi connectivity index (χ1) is 16.5. The van der Waals surface area contributed by atoms with Crippen LogP contribution in [0.25, 0.3) is 21.9 Å². The lowest BCUT2D eigenvalue weighted by atomic mass is 9.95. The van der Waals surface area contributed by atoms with Crippen LogP contribution in [-0.2, 0) is 24.7 Å². The van der Waals surface area contributed by atoms with E-state index in [-0.39, 0.29) is 17.9 Å². The van der Waals surface area contributed by atoms with Crippen LogP contribution in [0.15, 0.2) is 77.6 Å². The van der Waals surface area contributed by atoms with Gasteiger partial charge in [0.1, 0.15) is 11.5 Å². The Labute approximate surface area is 198 Å². The molecule has 4 rings (SSSR count). The third-order valence-electron chi connectivity index (χ3n) is 5.99. The summed E-state index contributed by atoms with van der Waals surface area (Å²) in [5, 5.41) is 4.47. The van der Waals surface area contributed by atoms with Crippen molar-refractivity contribution in [2.45, 2.75) is 12.8 Å². The number of nitrogens with one attached hydrogen (secondary N) is 1. The minimum Gasteiger partial charge on any atom is -0.497 e. The largest absolute Gasteiger partial charge is 0.497 e. The molecule has 1 heterocycles. The second-order valence-electron chi connectivity index (χ2n) is 8.09. The normalized spacial score (nSPS) is 10.8. The van der Waals surface area contributed by atoms with Crippen LogP contribution in [0.2, 0.25) is 0 Å². The van der Waals surface area contributed by atoms with Crippen LogP contribution in [0.1, 0.15) is 11.3 Å². The molecule has 0 spiro atoms. The van der Waals surface area contributed by atoms with Gasteiger partial charge in [-0.2, -0.15) is 0 Å². The predicted octanol–water partition coefficient (Wildman–Crippen LogP) is 4.12. The van der Waals surface area contributed by atoms with E-state index in [1.807, 2.05) is 66.7 Å². The second-order valence-corrected chi connectivity index (χ2v) is 8.09. The van der Waals surface area contributed by atoms with Crippen LogP contribution in [0.4, 0.5) is 0 Å². The van der Waals surface area contributed by atoms with Crippen molar-refractivity contribution in [3.05, 3.63) is 94.4 Å². The van der Waals surface area contributed by atoms with E-state index in [1.165, 1.54) is 0 Å². The molecule has 0 saturated carbocycles. The highest BCUT2D eigenvalue weighted by molar-refractivity contribution is 5.98. The van der Waals surface area contributed by atoms with Crippen LogP contribution < -0.4 is 20.3 Å². The van der Waals surface area contributed by atoms with Crippen molar-refractivity contribution >= 4 is 16.7 Å². The molecule has 0 atom stereocenters. The van der Waals surface area contributed by atoms with Gasteiger partial charge in [0, 0.05) is 42.0 Å². The van der Waals surface area contributed by atoms with Crippen molar-refractivity contribution in [3.63, 3.8) is 0 Å². The number of hydrogen-bond acceptors (Lipinski definition) is 4. The van der Waals surface area contributed by atoms with Gasteiger partial charge in [0.25, 0.3) is 5.56 Å². The van der Waals surface area contributed by atoms with E-state index >= 15 is 0 Å². The van der Waals surface area contributed by atoms with Crippen LogP contribution in [0, 0.1) is 0 Å². The lowest BCUT2D eigenvalue weighted by molar-refractivity contribution is -0.120. The standard InChI is InChI=1S/C28H28N2O4/c1-30-25(15-16-29-26(31)17-19-9-11-21(33-2)12-10-19)27(20-7-5-4-6-8-20)24-18-22(34-3)13-14-23(24)28(30)32/h4-14,18H,15-17H2,1-3H3,(H,29,31). The van der Waals surface area contributed by atoms with Gasteiger partial charge in [-0.1, -0.05) is 42.5 Å². The quantitative estimate of drug-likeness (QED) is 0.433. The Kier molecular flexibility index (Phi) is 6.97. The van der Waals surface area contributed by atoms with Gasteiger partial charge in [0.2, 0.25) is 5.91 Å². The number of amides is 1. The van der Waals surface area contributed by atoms with Crippen molar-refractivity contribution < 1.29 is 14.3 Å². The SMILES string of the molecule is COc1ccc(CC(=O)NCCc2c(-c3ccccc3)c3cc(OC)ccc3c(=O)n2C)cc1. The number of hydrogen-bond donors (Lipinski definition) is 1. The average Bonchev–Trinajstić information content (AvgIpc) is 2.87. The molecular formula is C28H28N2O4. The lowest BCUT2D eigenvalue weighted by Crippen LogP contribution is -2.30. The minimum atomic E-state index is -0.0723. The fourth-order valence-electron chi connectivity index (χ4n) is 4.20. The minimum absolute atomic E-state index is 0.0705. The molecule has 0 aliphatic heterocycles. The van der Waals surface area contributed by atoms with E-state index in [4.69, 9.17) is 9.47 Å². The van der Waals surface area contributed by atoms with E-state index in [0.717, 1.165) is 33.5 Å². The summed E-state index contributed by atoms with van der Waals surface area (Å²) in [5.41, 5.74) is 3.68. The fourth-order valence-corrected chi connectivity index (χ4v) is 4.20. The van der Waals surface area contributed by atoms with E-state index in [9.17, 15) is 9.59 Å². The number of carbonyl (C=O) groups excluding carboxylic acids is 1. The van der Waals surface area contributed by atoms with E-state index in [2.05, 4.69) is 5.32 Å². The highest BCUT2D eigenvalue weighted by Gasteiger charge is 2.17. The number of aromatic nitrogens is 1. The van der Waals surface area contributed by atoms with Gasteiger partial charge in [-0.05, 0) is 41.5 Å². The summed E-state index contributed by atoms with van der Waals surface area (Å²) >= 11 is 0. The monoisotopic (exact) mass is 456 g/mol. The Morgan fingerprint density at radius 2 is 1.56 bits per heavy atom. The first-order valence-corrected chi connectivity index (χ1v) is 11.2. The maximum atomic E-state index is 13.1. The van der Waals surface area contributed by atoms with Crippen molar-refractivity contribution in [2.24, 2.45) is 7.05 Å². The maximum Gasteiger partial charge on any atom is 0.258 e. The van der Waals surface area contributed by atoms with E-state index in [0.29, 0.717) is 24.1 Å². The molecule has 34 heavy (non-hydrogen) atoms. The first kappa shape index (κ1) is 23.1. The molecule has 0 saturated heterocycles. The van der Waals surface area contributed by atoms with Gasteiger partial charge in [0.05, 0.1) is 20.6 Å². The molecule has 1 amide bonds. The molecule has 0 bridgehead atoms. The first-order valence-electron chi connectivity index (χ1n) is 11.2. The van der Waals surface area contributed by atoms with Crippen molar-refractivity contribution in [1.82, 2.24) is 9.88 Å². The van der Waals surface area contributed by atoms with Gasteiger partial charge in [-0.15, -0.1) is 0 Å². The third-order valence-corrected chi connectivity index (χ3v) is 5.99. The number of carbonyl (C=O) groups is 1. The highest BCUT2D eigenvalue weighted by atomic mass is 16.5. The average molecular weight is 457 g/mol. The lowest BCUT2D eigenvalue weighted by Gasteiger charge is -2.18. The molecule has 3 aromatic carbocycles. The van der Waals surface area contributed by atoms with Gasteiger partial charge >= 0.3 is 0 Å². The van der Waals surface area contributed by atoms with Crippen LogP contribution in [0.5, 0.6) is 11.5 Å². The summed E-state index contributed by atoms with van der Waals surface area (Å²) in [4.78, 5) is 25.7. The van der Waals surface area contributed by atoms with Crippen molar-refractivity contribution in [3.8, 4) is 22.6 Å².